The van der Waals surface area contributed by atoms with E-state index in [9.17, 15) is 4.79 Å². The minimum atomic E-state index is -0.922. The van der Waals surface area contributed by atoms with E-state index in [-0.39, 0.29) is 5.01 Å². The summed E-state index contributed by atoms with van der Waals surface area (Å²) in [6.07, 6.45) is 0.903. The van der Waals surface area contributed by atoms with E-state index in [1.165, 1.54) is 11.3 Å². The van der Waals surface area contributed by atoms with Crippen LogP contribution in [0.15, 0.2) is 0 Å². The van der Waals surface area contributed by atoms with Gasteiger partial charge in [0.15, 0.2) is 0 Å². The third-order valence-electron chi connectivity index (χ3n) is 1.78. The molecule has 0 atom stereocenters. The minimum absolute atomic E-state index is 0.212. The van der Waals surface area contributed by atoms with Crippen molar-refractivity contribution in [1.29, 1.82) is 0 Å². The average molecular weight is 184 g/mol. The highest BCUT2D eigenvalue weighted by Crippen LogP contribution is 2.21. The zero-order valence-corrected chi connectivity index (χ0v) is 7.15. The molecule has 1 aromatic heterocycles. The highest BCUT2D eigenvalue weighted by atomic mass is 32.1. The number of thiazole rings is 1. The number of aromatic carboxylic acids is 1. The van der Waals surface area contributed by atoms with Gasteiger partial charge in [-0.15, -0.1) is 11.3 Å². The Morgan fingerprint density at radius 1 is 1.67 bits per heavy atom. The number of rotatable bonds is 1. The Bertz CT molecular complexity index is 298. The van der Waals surface area contributed by atoms with Crippen molar-refractivity contribution >= 4 is 17.3 Å². The molecule has 1 aliphatic rings. The summed E-state index contributed by atoms with van der Waals surface area (Å²) in [5.74, 6) is -0.922. The monoisotopic (exact) mass is 184 g/mol. The molecule has 1 aliphatic heterocycles. The average Bonchev–Trinajstić information content (AvgIpc) is 2.46. The second-order valence-corrected chi connectivity index (χ2v) is 3.70. The summed E-state index contributed by atoms with van der Waals surface area (Å²) in [6.45, 7) is 1.63. The van der Waals surface area contributed by atoms with E-state index in [4.69, 9.17) is 5.11 Å². The van der Waals surface area contributed by atoms with Gasteiger partial charge >= 0.3 is 5.97 Å². The number of fused-ring (bicyclic) bond motifs is 1. The van der Waals surface area contributed by atoms with Crippen LogP contribution in [0.4, 0.5) is 0 Å². The first kappa shape index (κ1) is 7.70. The molecule has 2 rings (SSSR count). The van der Waals surface area contributed by atoms with Gasteiger partial charge in [0, 0.05) is 18.0 Å². The van der Waals surface area contributed by atoms with Gasteiger partial charge in [-0.1, -0.05) is 0 Å². The fourth-order valence-corrected chi connectivity index (χ4v) is 2.13. The first-order chi connectivity index (χ1) is 5.77. The van der Waals surface area contributed by atoms with Crippen molar-refractivity contribution in [3.05, 3.63) is 15.6 Å². The maximum absolute atomic E-state index is 10.5. The van der Waals surface area contributed by atoms with Gasteiger partial charge in [-0.3, -0.25) is 0 Å². The molecular formula is C7H8N2O2S. The SMILES string of the molecule is O=C(O)c1nc2c(s1)CCNC2. The van der Waals surface area contributed by atoms with Crippen molar-refractivity contribution in [2.45, 2.75) is 13.0 Å². The van der Waals surface area contributed by atoms with Gasteiger partial charge in [0.05, 0.1) is 5.69 Å². The first-order valence-corrected chi connectivity index (χ1v) is 4.51. The van der Waals surface area contributed by atoms with E-state index in [2.05, 4.69) is 10.3 Å². The molecule has 0 bridgehead atoms. The molecule has 0 unspecified atom stereocenters. The summed E-state index contributed by atoms with van der Waals surface area (Å²) in [6, 6.07) is 0. The van der Waals surface area contributed by atoms with Crippen molar-refractivity contribution in [1.82, 2.24) is 10.3 Å². The standard InChI is InChI=1S/C7H8N2O2S/c10-7(11)6-9-4-3-8-2-1-5(4)12-6/h8H,1-3H2,(H,10,11). The molecule has 1 aromatic rings. The largest absolute Gasteiger partial charge is 0.476 e. The molecule has 0 radical (unpaired) electrons. The number of carbonyl (C=O) groups is 1. The molecular weight excluding hydrogens is 176 g/mol. The predicted molar refractivity (Wildman–Crippen MR) is 44.5 cm³/mol. The maximum atomic E-state index is 10.5. The molecule has 0 aromatic carbocycles. The zero-order valence-electron chi connectivity index (χ0n) is 6.33. The predicted octanol–water partition coefficient (Wildman–Crippen LogP) is 0.487. The number of nitrogens with zero attached hydrogens (tertiary/aromatic N) is 1. The summed E-state index contributed by atoms with van der Waals surface area (Å²) < 4.78 is 0. The van der Waals surface area contributed by atoms with Gasteiger partial charge in [-0.05, 0) is 6.42 Å². The van der Waals surface area contributed by atoms with Crippen LogP contribution in [0, 0.1) is 0 Å². The fraction of sp³-hybridized carbons (Fsp3) is 0.429. The van der Waals surface area contributed by atoms with Crippen LogP contribution in [-0.2, 0) is 13.0 Å². The van der Waals surface area contributed by atoms with Crippen molar-refractivity contribution in [3.8, 4) is 0 Å². The van der Waals surface area contributed by atoms with Crippen LogP contribution >= 0.6 is 11.3 Å². The Balaban J connectivity index is 2.38. The Morgan fingerprint density at radius 3 is 3.17 bits per heavy atom. The van der Waals surface area contributed by atoms with E-state index >= 15 is 0 Å². The van der Waals surface area contributed by atoms with E-state index in [0.717, 1.165) is 23.5 Å². The summed E-state index contributed by atoms with van der Waals surface area (Å²) in [4.78, 5) is 15.7. The lowest BCUT2D eigenvalue weighted by Gasteiger charge is -2.09. The molecule has 0 saturated carbocycles. The van der Waals surface area contributed by atoms with Crippen LogP contribution in [0.2, 0.25) is 0 Å². The second-order valence-electron chi connectivity index (χ2n) is 2.62. The smallest absolute Gasteiger partial charge is 0.365 e. The summed E-state index contributed by atoms with van der Waals surface area (Å²) in [7, 11) is 0. The Hall–Kier alpha value is -0.940. The maximum Gasteiger partial charge on any atom is 0.365 e. The van der Waals surface area contributed by atoms with E-state index < -0.39 is 5.97 Å². The number of aromatic nitrogens is 1. The highest BCUT2D eigenvalue weighted by molar-refractivity contribution is 7.13. The number of hydrogen-bond donors (Lipinski definition) is 2. The third kappa shape index (κ3) is 1.21. The molecule has 4 nitrogen and oxygen atoms in total. The van der Waals surface area contributed by atoms with Crippen LogP contribution in [0.25, 0.3) is 0 Å². The van der Waals surface area contributed by atoms with Crippen molar-refractivity contribution in [2.24, 2.45) is 0 Å². The molecule has 0 spiro atoms. The first-order valence-electron chi connectivity index (χ1n) is 3.70. The highest BCUT2D eigenvalue weighted by Gasteiger charge is 2.17. The van der Waals surface area contributed by atoms with Gasteiger partial charge in [-0.2, -0.15) is 0 Å². The summed E-state index contributed by atoms with van der Waals surface area (Å²) >= 11 is 1.29. The number of carboxylic acid groups (broad SMARTS) is 1. The normalized spacial score (nSPS) is 15.7. The molecule has 0 fully saturated rings. The van der Waals surface area contributed by atoms with Crippen molar-refractivity contribution in [3.63, 3.8) is 0 Å². The molecule has 0 aliphatic carbocycles. The van der Waals surface area contributed by atoms with Gasteiger partial charge < -0.3 is 10.4 Å². The Labute approximate surface area is 73.3 Å². The fourth-order valence-electron chi connectivity index (χ4n) is 1.22. The van der Waals surface area contributed by atoms with E-state index in [0.29, 0.717) is 6.54 Å². The van der Waals surface area contributed by atoms with E-state index in [1.807, 2.05) is 0 Å². The molecule has 0 amide bonds. The van der Waals surface area contributed by atoms with Gasteiger partial charge in [0.2, 0.25) is 5.01 Å². The van der Waals surface area contributed by atoms with Crippen LogP contribution in [0.5, 0.6) is 0 Å². The van der Waals surface area contributed by atoms with Crippen molar-refractivity contribution < 1.29 is 9.90 Å². The number of carboxylic acids is 1. The molecule has 12 heavy (non-hydrogen) atoms. The summed E-state index contributed by atoms with van der Waals surface area (Å²) in [5, 5.41) is 12.0. The summed E-state index contributed by atoms with van der Waals surface area (Å²) in [5.41, 5.74) is 0.906. The van der Waals surface area contributed by atoms with E-state index in [1.54, 1.807) is 0 Å². The van der Waals surface area contributed by atoms with Gasteiger partial charge in [0.25, 0.3) is 0 Å². The lowest BCUT2D eigenvalue weighted by molar-refractivity contribution is 0.0696. The van der Waals surface area contributed by atoms with Gasteiger partial charge in [-0.25, -0.2) is 9.78 Å². The van der Waals surface area contributed by atoms with Crippen LogP contribution in [0.1, 0.15) is 20.4 Å². The zero-order chi connectivity index (χ0) is 8.55. The molecule has 0 saturated heterocycles. The lowest BCUT2D eigenvalue weighted by atomic mass is 10.2. The molecule has 2 N–H and O–H groups in total. The number of nitrogens with one attached hydrogen (secondary N) is 1. The third-order valence-corrected chi connectivity index (χ3v) is 2.93. The molecule has 64 valence electrons. The Kier molecular flexibility index (Phi) is 1.82. The minimum Gasteiger partial charge on any atom is -0.476 e. The van der Waals surface area contributed by atoms with Gasteiger partial charge in [0.1, 0.15) is 0 Å². The van der Waals surface area contributed by atoms with Crippen molar-refractivity contribution in [2.75, 3.05) is 6.54 Å². The molecule has 2 heterocycles. The Morgan fingerprint density at radius 2 is 2.50 bits per heavy atom. The van der Waals surface area contributed by atoms with Crippen LogP contribution < -0.4 is 5.32 Å². The second kappa shape index (κ2) is 2.84. The van der Waals surface area contributed by atoms with Crippen LogP contribution in [0.3, 0.4) is 0 Å². The molecule has 5 heteroatoms. The number of hydrogen-bond acceptors (Lipinski definition) is 4. The lowest BCUT2D eigenvalue weighted by Crippen LogP contribution is -2.22. The van der Waals surface area contributed by atoms with Crippen LogP contribution in [-0.4, -0.2) is 22.6 Å². The topological polar surface area (TPSA) is 62.2 Å². The quantitative estimate of drug-likeness (QED) is 0.666.